The summed E-state index contributed by atoms with van der Waals surface area (Å²) in [6, 6.07) is 5.29. The Morgan fingerprint density at radius 2 is 2.10 bits per heavy atom. The minimum atomic E-state index is -0.674. The number of benzene rings is 1. The zero-order chi connectivity index (χ0) is 14.7. The number of nitro groups is 1. The summed E-state index contributed by atoms with van der Waals surface area (Å²) in [6.07, 6.45) is 1.63. The predicted octanol–water partition coefficient (Wildman–Crippen LogP) is 4.27. The van der Waals surface area contributed by atoms with Crippen LogP contribution in [0.25, 0.3) is 0 Å². The van der Waals surface area contributed by atoms with E-state index in [0.717, 1.165) is 15.0 Å². The van der Waals surface area contributed by atoms with Gasteiger partial charge in [-0.2, -0.15) is 0 Å². The Bertz CT molecular complexity index is 667. The van der Waals surface area contributed by atoms with Gasteiger partial charge in [0.05, 0.1) is 28.9 Å². The topological polar surface area (TPSA) is 68.1 Å². The number of rotatable bonds is 4. The average molecular weight is 405 g/mol. The molecule has 0 radical (unpaired) electrons. The van der Waals surface area contributed by atoms with Crippen LogP contribution in [0.15, 0.2) is 39.4 Å². The van der Waals surface area contributed by atoms with Crippen LogP contribution in [0.3, 0.4) is 0 Å². The van der Waals surface area contributed by atoms with Crippen molar-refractivity contribution in [3.05, 3.63) is 61.0 Å². The quantitative estimate of drug-likeness (QED) is 0.610. The lowest BCUT2D eigenvalue weighted by Crippen LogP contribution is -2.04. The van der Waals surface area contributed by atoms with Crippen LogP contribution in [0.4, 0.5) is 15.8 Å². The summed E-state index contributed by atoms with van der Waals surface area (Å²) in [5, 5.41) is 13.4. The number of hydrogen-bond acceptors (Lipinski definition) is 4. The van der Waals surface area contributed by atoms with Crippen molar-refractivity contribution in [2.24, 2.45) is 0 Å². The Morgan fingerprint density at radius 3 is 2.70 bits per heavy atom. The number of hydrogen-bond donors (Lipinski definition) is 1. The molecule has 0 aliphatic carbocycles. The van der Waals surface area contributed by atoms with Crippen molar-refractivity contribution in [2.75, 3.05) is 5.32 Å². The van der Waals surface area contributed by atoms with Gasteiger partial charge in [-0.1, -0.05) is 0 Å². The van der Waals surface area contributed by atoms with Gasteiger partial charge in [-0.05, 0) is 44.0 Å². The van der Waals surface area contributed by atoms with Gasteiger partial charge in [-0.25, -0.2) is 4.39 Å². The number of nitro benzene ring substituents is 1. The lowest BCUT2D eigenvalue weighted by molar-refractivity contribution is -0.385. The number of aromatic nitrogens is 1. The number of anilines is 1. The van der Waals surface area contributed by atoms with Gasteiger partial charge in [0.25, 0.3) is 5.69 Å². The van der Waals surface area contributed by atoms with Crippen LogP contribution >= 0.6 is 31.9 Å². The molecule has 1 aromatic heterocycles. The van der Waals surface area contributed by atoms with Gasteiger partial charge in [-0.3, -0.25) is 15.1 Å². The summed E-state index contributed by atoms with van der Waals surface area (Å²) in [5.41, 5.74) is 0.606. The molecule has 1 heterocycles. The van der Waals surface area contributed by atoms with E-state index in [1.54, 1.807) is 6.20 Å². The molecule has 1 aromatic carbocycles. The highest BCUT2D eigenvalue weighted by Crippen LogP contribution is 2.23. The molecule has 0 saturated carbocycles. The fourth-order valence-corrected chi connectivity index (χ4v) is 2.64. The van der Waals surface area contributed by atoms with Crippen molar-refractivity contribution in [3.8, 4) is 0 Å². The van der Waals surface area contributed by atoms with Gasteiger partial charge in [0.2, 0.25) is 0 Å². The molecule has 0 spiro atoms. The van der Waals surface area contributed by atoms with E-state index >= 15 is 0 Å². The maximum atomic E-state index is 13.7. The Labute approximate surface area is 130 Å². The third-order valence-electron chi connectivity index (χ3n) is 2.49. The molecule has 0 aliphatic heterocycles. The van der Waals surface area contributed by atoms with Crippen molar-refractivity contribution in [1.82, 2.24) is 4.98 Å². The molecule has 20 heavy (non-hydrogen) atoms. The maximum Gasteiger partial charge on any atom is 0.272 e. The van der Waals surface area contributed by atoms with Gasteiger partial charge in [-0.15, -0.1) is 0 Å². The summed E-state index contributed by atoms with van der Waals surface area (Å²) in [5.74, 6) is -0.674. The van der Waals surface area contributed by atoms with Crippen LogP contribution in [-0.4, -0.2) is 9.91 Å². The number of nitrogens with one attached hydrogen (secondary N) is 1. The monoisotopic (exact) mass is 403 g/mol. The molecule has 0 amide bonds. The molecule has 0 saturated heterocycles. The standard InChI is InChI=1S/C12H8Br2FN3O2/c13-7-3-9(14)12(16-5-7)6-17-11-2-1-8(18(19)20)4-10(11)15/h1-5,17H,6H2. The van der Waals surface area contributed by atoms with Crippen molar-refractivity contribution >= 4 is 43.2 Å². The first kappa shape index (κ1) is 14.9. The predicted molar refractivity (Wildman–Crippen MR) is 80.0 cm³/mol. The van der Waals surface area contributed by atoms with Crippen LogP contribution in [-0.2, 0) is 6.54 Å². The lowest BCUT2D eigenvalue weighted by Gasteiger charge is -2.08. The third-order valence-corrected chi connectivity index (χ3v) is 3.61. The van der Waals surface area contributed by atoms with Gasteiger partial charge < -0.3 is 5.32 Å². The number of non-ortho nitro benzene ring substituents is 1. The summed E-state index contributed by atoms with van der Waals surface area (Å²) in [7, 11) is 0. The van der Waals surface area contributed by atoms with E-state index in [2.05, 4.69) is 42.2 Å². The lowest BCUT2D eigenvalue weighted by atomic mass is 10.2. The van der Waals surface area contributed by atoms with Crippen molar-refractivity contribution in [1.29, 1.82) is 0 Å². The number of pyridine rings is 1. The molecule has 0 fully saturated rings. The second kappa shape index (κ2) is 6.27. The van der Waals surface area contributed by atoms with Crippen LogP contribution in [0.5, 0.6) is 0 Å². The van der Waals surface area contributed by atoms with Crippen LogP contribution in [0, 0.1) is 15.9 Å². The molecule has 0 unspecified atom stereocenters. The molecule has 1 N–H and O–H groups in total. The first-order valence-electron chi connectivity index (χ1n) is 5.45. The van der Waals surface area contributed by atoms with E-state index in [9.17, 15) is 14.5 Å². The molecule has 104 valence electrons. The minimum absolute atomic E-state index is 0.187. The molecular weight excluding hydrogens is 397 g/mol. The summed E-state index contributed by atoms with van der Waals surface area (Å²) < 4.78 is 15.3. The second-order valence-electron chi connectivity index (χ2n) is 3.86. The normalized spacial score (nSPS) is 10.3. The molecular formula is C12H8Br2FN3O2. The summed E-state index contributed by atoms with van der Waals surface area (Å²) in [4.78, 5) is 14.1. The van der Waals surface area contributed by atoms with Gasteiger partial charge in [0, 0.05) is 21.2 Å². The molecule has 5 nitrogen and oxygen atoms in total. The number of nitrogens with zero attached hydrogens (tertiary/aromatic N) is 2. The smallest absolute Gasteiger partial charge is 0.272 e. The van der Waals surface area contributed by atoms with E-state index in [1.165, 1.54) is 12.1 Å². The molecule has 2 aromatic rings. The first-order valence-corrected chi connectivity index (χ1v) is 7.03. The first-order chi connectivity index (χ1) is 9.47. The van der Waals surface area contributed by atoms with Gasteiger partial charge >= 0.3 is 0 Å². The van der Waals surface area contributed by atoms with E-state index < -0.39 is 10.7 Å². The SMILES string of the molecule is O=[N+]([O-])c1ccc(NCc2ncc(Br)cc2Br)c(F)c1. The van der Waals surface area contributed by atoms with E-state index in [0.29, 0.717) is 12.2 Å². The van der Waals surface area contributed by atoms with E-state index in [1.807, 2.05) is 6.07 Å². The molecule has 2 rings (SSSR count). The van der Waals surface area contributed by atoms with Crippen LogP contribution < -0.4 is 5.32 Å². The van der Waals surface area contributed by atoms with Gasteiger partial charge in [0.1, 0.15) is 0 Å². The minimum Gasteiger partial charge on any atom is -0.377 e. The second-order valence-corrected chi connectivity index (χ2v) is 5.63. The Kier molecular flexibility index (Phi) is 4.66. The Morgan fingerprint density at radius 1 is 1.35 bits per heavy atom. The van der Waals surface area contributed by atoms with Crippen molar-refractivity contribution < 1.29 is 9.31 Å². The summed E-state index contributed by atoms with van der Waals surface area (Å²) in [6.45, 7) is 0.294. The largest absolute Gasteiger partial charge is 0.377 e. The summed E-state index contributed by atoms with van der Waals surface area (Å²) >= 11 is 6.64. The molecule has 0 aliphatic rings. The van der Waals surface area contributed by atoms with E-state index in [-0.39, 0.29) is 11.4 Å². The maximum absolute atomic E-state index is 13.7. The fraction of sp³-hybridized carbons (Fsp3) is 0.0833. The van der Waals surface area contributed by atoms with Crippen molar-refractivity contribution in [2.45, 2.75) is 6.54 Å². The van der Waals surface area contributed by atoms with Crippen LogP contribution in [0.2, 0.25) is 0 Å². The molecule has 0 atom stereocenters. The zero-order valence-corrected chi connectivity index (χ0v) is 13.1. The highest BCUT2D eigenvalue weighted by atomic mass is 79.9. The zero-order valence-electron chi connectivity index (χ0n) is 9.94. The molecule has 8 heteroatoms. The Hall–Kier alpha value is -1.54. The van der Waals surface area contributed by atoms with Crippen molar-refractivity contribution in [3.63, 3.8) is 0 Å². The fourth-order valence-electron chi connectivity index (χ4n) is 1.51. The highest BCUT2D eigenvalue weighted by Gasteiger charge is 2.11. The van der Waals surface area contributed by atoms with Crippen LogP contribution in [0.1, 0.15) is 5.69 Å². The molecule has 0 bridgehead atoms. The average Bonchev–Trinajstić information content (AvgIpc) is 2.38. The third kappa shape index (κ3) is 3.51. The van der Waals surface area contributed by atoms with E-state index in [4.69, 9.17) is 0 Å². The highest BCUT2D eigenvalue weighted by molar-refractivity contribution is 9.11. The van der Waals surface area contributed by atoms with Gasteiger partial charge in [0.15, 0.2) is 5.82 Å². The number of halogens is 3. The Balaban J connectivity index is 2.13.